The van der Waals surface area contributed by atoms with Crippen molar-refractivity contribution in [2.45, 2.75) is 89.6 Å². The van der Waals surface area contributed by atoms with Gasteiger partial charge in [-0.25, -0.2) is 0 Å². The Labute approximate surface area is 180 Å². The van der Waals surface area contributed by atoms with Crippen molar-refractivity contribution in [1.82, 2.24) is 4.98 Å². The highest BCUT2D eigenvalue weighted by Crippen LogP contribution is 2.44. The molecule has 3 heterocycles. The number of piperidine rings is 1. The van der Waals surface area contributed by atoms with Crippen molar-refractivity contribution < 1.29 is 4.92 Å². The number of aromatic nitrogens is 1. The first-order valence-electron chi connectivity index (χ1n) is 10.9. The first-order chi connectivity index (χ1) is 14.0. The second kappa shape index (κ2) is 8.10. The minimum absolute atomic E-state index is 0.104. The van der Waals surface area contributed by atoms with E-state index in [4.69, 9.17) is 0 Å². The molecule has 1 aromatic heterocycles. The van der Waals surface area contributed by atoms with E-state index in [1.54, 1.807) is 6.20 Å². The summed E-state index contributed by atoms with van der Waals surface area (Å²) in [5.41, 5.74) is 6.34. The van der Waals surface area contributed by atoms with Crippen LogP contribution in [0.15, 0.2) is 22.5 Å². The lowest BCUT2D eigenvalue weighted by atomic mass is 9.94. The van der Waals surface area contributed by atoms with Crippen LogP contribution in [-0.4, -0.2) is 36.2 Å². The molecule has 7 nitrogen and oxygen atoms in total. The van der Waals surface area contributed by atoms with Gasteiger partial charge in [0.2, 0.25) is 0 Å². The van der Waals surface area contributed by atoms with Gasteiger partial charge in [-0.2, -0.15) is 10.2 Å². The zero-order valence-corrected chi connectivity index (χ0v) is 20.1. The molecule has 0 N–H and O–H groups in total. The van der Waals surface area contributed by atoms with Crippen molar-refractivity contribution in [3.63, 3.8) is 0 Å². The van der Waals surface area contributed by atoms with Gasteiger partial charge >= 0.3 is 5.82 Å². The highest BCUT2D eigenvalue weighted by Gasteiger charge is 2.47. The van der Waals surface area contributed by atoms with E-state index in [0.29, 0.717) is 28.9 Å². The molecule has 0 radical (unpaired) electrons. The van der Waals surface area contributed by atoms with Crippen LogP contribution in [0.5, 0.6) is 0 Å². The summed E-state index contributed by atoms with van der Waals surface area (Å²) >= 11 is 0. The molecule has 1 spiro atoms. The average Bonchev–Trinajstić information content (AvgIpc) is 3.39. The van der Waals surface area contributed by atoms with Crippen molar-refractivity contribution in [3.8, 4) is 11.5 Å². The quantitative estimate of drug-likeness (QED) is 0.261. The van der Waals surface area contributed by atoms with Crippen LogP contribution in [0.4, 0.5) is 11.5 Å². The molecule has 2 aliphatic rings. The lowest BCUT2D eigenvalue weighted by Gasteiger charge is -2.38. The van der Waals surface area contributed by atoms with Crippen LogP contribution >= 0.6 is 0 Å². The molecule has 1 fully saturated rings. The van der Waals surface area contributed by atoms with Crippen molar-refractivity contribution in [1.29, 1.82) is 0 Å². The van der Waals surface area contributed by atoms with Crippen LogP contribution in [0.1, 0.15) is 66.9 Å². The van der Waals surface area contributed by atoms with Crippen molar-refractivity contribution >= 4 is 19.6 Å². The number of pyridine rings is 1. The maximum atomic E-state index is 11.7. The molecule has 0 unspecified atom stereocenters. The van der Waals surface area contributed by atoms with Crippen LogP contribution < -0.4 is 4.90 Å². The number of hydrogen-bond acceptors (Lipinski definition) is 6. The summed E-state index contributed by atoms with van der Waals surface area (Å²) in [6, 6.07) is 1.96. The van der Waals surface area contributed by atoms with Crippen molar-refractivity contribution in [3.05, 3.63) is 27.9 Å². The van der Waals surface area contributed by atoms with Crippen LogP contribution in [-0.2, 0) is 0 Å². The van der Waals surface area contributed by atoms with Crippen LogP contribution in [0.3, 0.4) is 0 Å². The lowest BCUT2D eigenvalue weighted by Crippen LogP contribution is -2.44. The number of hydrogen-bond donors (Lipinski definition) is 0. The molecule has 8 heteroatoms. The monoisotopic (exact) mass is 427 g/mol. The molecular weight excluding hydrogens is 394 g/mol. The van der Waals surface area contributed by atoms with Crippen molar-refractivity contribution in [2.75, 3.05) is 11.4 Å². The summed E-state index contributed by atoms with van der Waals surface area (Å²) in [7, 11) is -1.89. The van der Waals surface area contributed by atoms with E-state index in [1.165, 1.54) is 0 Å². The van der Waals surface area contributed by atoms with Gasteiger partial charge in [-0.15, -0.1) is 5.54 Å². The van der Waals surface area contributed by atoms with Crippen LogP contribution in [0.2, 0.25) is 16.6 Å². The fraction of sp³-hybridized carbons (Fsp3) is 0.682. The molecule has 0 saturated carbocycles. The molecule has 0 bridgehead atoms. The van der Waals surface area contributed by atoms with Gasteiger partial charge in [0.15, 0.2) is 11.9 Å². The van der Waals surface area contributed by atoms with Gasteiger partial charge in [0.1, 0.15) is 13.8 Å². The fourth-order valence-electron chi connectivity index (χ4n) is 5.30. The van der Waals surface area contributed by atoms with Gasteiger partial charge in [0, 0.05) is 25.4 Å². The zero-order chi connectivity index (χ0) is 22.3. The maximum Gasteiger partial charge on any atom is 0.387 e. The molecule has 2 aliphatic heterocycles. The predicted octanol–water partition coefficient (Wildman–Crippen LogP) is 5.71. The average molecular weight is 428 g/mol. The third-order valence-electron chi connectivity index (χ3n) is 6.91. The lowest BCUT2D eigenvalue weighted by molar-refractivity contribution is -0.388. The Morgan fingerprint density at radius 3 is 2.27 bits per heavy atom. The van der Waals surface area contributed by atoms with E-state index >= 15 is 0 Å². The molecule has 3 rings (SSSR count). The van der Waals surface area contributed by atoms with Gasteiger partial charge in [-0.1, -0.05) is 47.5 Å². The van der Waals surface area contributed by atoms with Gasteiger partial charge in [-0.05, 0) is 39.5 Å². The van der Waals surface area contributed by atoms with E-state index in [-0.39, 0.29) is 17.5 Å². The summed E-state index contributed by atoms with van der Waals surface area (Å²) in [5, 5.41) is 20.0. The topological polar surface area (TPSA) is 84.0 Å². The summed E-state index contributed by atoms with van der Waals surface area (Å²) in [6.07, 6.45) is 3.12. The highest BCUT2D eigenvalue weighted by atomic mass is 28.3. The second-order valence-electron chi connectivity index (χ2n) is 9.65. The molecule has 1 aromatic rings. The SMILES string of the molecule is CC(C)[Si](C#Cc1cnc([N+](=O)[O-])c(N2CCC3(C[C@@H]2C)N=N3)c1)(C(C)C)C(C)C. The van der Waals surface area contributed by atoms with Gasteiger partial charge in [-0.3, -0.25) is 0 Å². The van der Waals surface area contributed by atoms with Gasteiger partial charge in [0.25, 0.3) is 0 Å². The molecule has 0 aromatic carbocycles. The number of rotatable bonds is 5. The van der Waals surface area contributed by atoms with E-state index in [1.807, 2.05) is 6.07 Å². The normalized spacial score (nSPS) is 20.1. The Bertz CT molecular complexity index is 888. The van der Waals surface area contributed by atoms with Gasteiger partial charge in [0.05, 0.1) is 5.56 Å². The third-order valence-corrected chi connectivity index (χ3v) is 13.2. The maximum absolute atomic E-state index is 11.7. The number of anilines is 1. The minimum atomic E-state index is -1.89. The van der Waals surface area contributed by atoms with E-state index in [9.17, 15) is 10.1 Å². The minimum Gasteiger partial charge on any atom is -0.362 e. The Balaban J connectivity index is 1.99. The molecule has 0 aliphatic carbocycles. The summed E-state index contributed by atoms with van der Waals surface area (Å²) < 4.78 is 0. The fourth-order valence-corrected chi connectivity index (χ4v) is 10.5. The second-order valence-corrected chi connectivity index (χ2v) is 15.2. The number of nitro groups is 1. The molecule has 0 amide bonds. The first-order valence-corrected chi connectivity index (χ1v) is 13.1. The Morgan fingerprint density at radius 2 is 1.80 bits per heavy atom. The molecule has 1 atom stereocenters. The molecule has 162 valence electrons. The first kappa shape index (κ1) is 22.4. The number of nitrogens with zero attached hydrogens (tertiary/aromatic N) is 5. The summed E-state index contributed by atoms with van der Waals surface area (Å²) in [5.74, 6) is 3.28. The smallest absolute Gasteiger partial charge is 0.362 e. The predicted molar refractivity (Wildman–Crippen MR) is 122 cm³/mol. The Hall–Kier alpha value is -2.27. The molecule has 30 heavy (non-hydrogen) atoms. The third kappa shape index (κ3) is 4.00. The summed E-state index contributed by atoms with van der Waals surface area (Å²) in [4.78, 5) is 17.5. The highest BCUT2D eigenvalue weighted by molar-refractivity contribution is 6.90. The van der Waals surface area contributed by atoms with Crippen molar-refractivity contribution in [2.24, 2.45) is 10.2 Å². The van der Waals surface area contributed by atoms with E-state index in [0.717, 1.165) is 18.4 Å². The molecular formula is C22H33N5O2Si. The standard InChI is InChI=1S/C22H33N5O2Si/c1-15(2)30(16(3)4,17(5)6)11-8-19-12-20(21(23-14-19)27(28)29)26-10-9-22(24-25-22)13-18(26)7/h12,14-18H,9-10,13H2,1-7H3/t18-/m0/s1. The van der Waals surface area contributed by atoms with Crippen LogP contribution in [0, 0.1) is 21.6 Å². The van der Waals surface area contributed by atoms with E-state index in [2.05, 4.69) is 80.0 Å². The Kier molecular flexibility index (Phi) is 6.05. The van der Waals surface area contributed by atoms with Crippen LogP contribution in [0.25, 0.3) is 0 Å². The van der Waals surface area contributed by atoms with E-state index < -0.39 is 13.0 Å². The largest absolute Gasteiger partial charge is 0.387 e. The summed E-state index contributed by atoms with van der Waals surface area (Å²) in [6.45, 7) is 16.4. The Morgan fingerprint density at radius 1 is 1.20 bits per heavy atom. The zero-order valence-electron chi connectivity index (χ0n) is 19.1. The molecule has 1 saturated heterocycles. The van der Waals surface area contributed by atoms with Gasteiger partial charge < -0.3 is 15.0 Å².